The van der Waals surface area contributed by atoms with E-state index in [0.717, 1.165) is 6.08 Å². The van der Waals surface area contributed by atoms with E-state index < -0.39 is 11.7 Å². The van der Waals surface area contributed by atoms with Crippen LogP contribution in [0, 0.1) is 11.3 Å². The van der Waals surface area contributed by atoms with Gasteiger partial charge in [-0.3, -0.25) is 4.98 Å². The summed E-state index contributed by atoms with van der Waals surface area (Å²) in [5.74, 6) is -1.71. The second kappa shape index (κ2) is 7.75. The lowest BCUT2D eigenvalue weighted by atomic mass is 10.2. The molecule has 9 heteroatoms. The number of anilines is 1. The first-order valence-corrected chi connectivity index (χ1v) is 8.15. The zero-order valence-electron chi connectivity index (χ0n) is 14.9. The van der Waals surface area contributed by atoms with Crippen molar-refractivity contribution >= 4 is 17.1 Å². The Kier molecular flexibility index (Phi) is 5.22. The van der Waals surface area contributed by atoms with Crippen molar-refractivity contribution in [1.29, 1.82) is 5.26 Å². The number of halogens is 2. The highest BCUT2D eigenvalue weighted by Gasteiger charge is 2.18. The molecule has 140 valence electrons. The van der Waals surface area contributed by atoms with Crippen LogP contribution in [0.5, 0.6) is 0 Å². The number of pyridine rings is 1. The van der Waals surface area contributed by atoms with E-state index in [4.69, 9.17) is 11.0 Å². The minimum atomic E-state index is -0.900. The summed E-state index contributed by atoms with van der Waals surface area (Å²) < 4.78 is 29.4. The maximum atomic E-state index is 14.2. The fraction of sp³-hybridized carbons (Fsp3) is 0.105. The van der Waals surface area contributed by atoms with Crippen molar-refractivity contribution in [2.75, 3.05) is 5.73 Å². The number of nitrogens with two attached hydrogens (primary N) is 1. The molecule has 7 nitrogen and oxygen atoms in total. The normalized spacial score (nSPS) is 12.2. The Morgan fingerprint density at radius 3 is 2.82 bits per heavy atom. The predicted octanol–water partition coefficient (Wildman–Crippen LogP) is 3.63. The number of rotatable bonds is 5. The van der Waals surface area contributed by atoms with E-state index in [2.05, 4.69) is 26.5 Å². The van der Waals surface area contributed by atoms with Gasteiger partial charge in [-0.25, -0.2) is 18.7 Å². The van der Waals surface area contributed by atoms with Gasteiger partial charge in [0.25, 0.3) is 0 Å². The second-order valence-corrected chi connectivity index (χ2v) is 5.75. The largest absolute Gasteiger partial charge is 0.368 e. The molecule has 0 saturated heterocycles. The van der Waals surface area contributed by atoms with Crippen LogP contribution in [0.1, 0.15) is 12.5 Å². The maximum Gasteiger partial charge on any atom is 0.222 e. The zero-order valence-corrected chi connectivity index (χ0v) is 14.9. The lowest BCUT2D eigenvalue weighted by molar-refractivity contribution is 0.585. The molecule has 3 aromatic heterocycles. The second-order valence-electron chi connectivity index (χ2n) is 5.75. The maximum absolute atomic E-state index is 14.2. The van der Waals surface area contributed by atoms with Crippen LogP contribution in [-0.4, -0.2) is 24.5 Å². The summed E-state index contributed by atoms with van der Waals surface area (Å²) in [6.07, 6.45) is 5.44. The van der Waals surface area contributed by atoms with Gasteiger partial charge in [0.05, 0.1) is 30.2 Å². The fourth-order valence-corrected chi connectivity index (χ4v) is 2.59. The Bertz CT molecular complexity index is 1170. The van der Waals surface area contributed by atoms with Gasteiger partial charge in [-0.05, 0) is 25.1 Å². The van der Waals surface area contributed by atoms with E-state index in [1.807, 2.05) is 6.07 Å². The Hall–Kier alpha value is -3.93. The SMILES string of the molecule is C=C(F)/C(Cn1cnc2c(-c3cc(C#N)ccn3)nc(N)nc21)=C(F)\C=C/C. The van der Waals surface area contributed by atoms with Crippen LogP contribution in [0.4, 0.5) is 14.7 Å². The quantitative estimate of drug-likeness (QED) is 0.679. The molecule has 0 atom stereocenters. The van der Waals surface area contributed by atoms with Crippen LogP contribution in [0.25, 0.3) is 22.6 Å². The summed E-state index contributed by atoms with van der Waals surface area (Å²) in [5.41, 5.74) is 7.29. The summed E-state index contributed by atoms with van der Waals surface area (Å²) >= 11 is 0. The summed E-state index contributed by atoms with van der Waals surface area (Å²) in [6.45, 7) is 4.62. The Morgan fingerprint density at radius 1 is 1.36 bits per heavy atom. The first-order chi connectivity index (χ1) is 13.4. The topological polar surface area (TPSA) is 106 Å². The number of fused-ring (bicyclic) bond motifs is 1. The number of hydrogen-bond donors (Lipinski definition) is 1. The number of imidazole rings is 1. The van der Waals surface area contributed by atoms with Crippen LogP contribution in [0.15, 0.2) is 60.6 Å². The fourth-order valence-electron chi connectivity index (χ4n) is 2.59. The third-order valence-corrected chi connectivity index (χ3v) is 3.87. The highest BCUT2D eigenvalue weighted by Crippen LogP contribution is 2.27. The minimum Gasteiger partial charge on any atom is -0.368 e. The number of hydrogen-bond acceptors (Lipinski definition) is 6. The molecule has 0 radical (unpaired) electrons. The lowest BCUT2D eigenvalue weighted by Gasteiger charge is -2.08. The standard InChI is InChI=1S/C19H15F2N7/c1-3-4-14(21)13(11(2)20)9-28-10-25-17-16(26-19(23)27-18(17)28)15-7-12(8-22)5-6-24-15/h3-7,10H,2,9H2,1H3,(H2,23,26,27)/b4-3-,14-13+. The Morgan fingerprint density at radius 2 is 2.14 bits per heavy atom. The molecule has 0 aliphatic carbocycles. The van der Waals surface area contributed by atoms with Gasteiger partial charge in [0, 0.05) is 11.8 Å². The van der Waals surface area contributed by atoms with Crippen LogP contribution >= 0.6 is 0 Å². The zero-order chi connectivity index (χ0) is 20.3. The number of allylic oxidation sites excluding steroid dienone is 5. The monoisotopic (exact) mass is 379 g/mol. The first kappa shape index (κ1) is 18.8. The van der Waals surface area contributed by atoms with E-state index in [1.54, 1.807) is 19.1 Å². The number of aromatic nitrogens is 5. The van der Waals surface area contributed by atoms with Crippen molar-refractivity contribution in [2.24, 2.45) is 0 Å². The van der Waals surface area contributed by atoms with Gasteiger partial charge in [-0.15, -0.1) is 0 Å². The average molecular weight is 379 g/mol. The molecule has 0 bridgehead atoms. The third kappa shape index (κ3) is 3.61. The summed E-state index contributed by atoms with van der Waals surface area (Å²) in [5, 5.41) is 9.08. The van der Waals surface area contributed by atoms with Crippen molar-refractivity contribution in [3.8, 4) is 17.5 Å². The molecule has 0 aromatic carbocycles. The van der Waals surface area contributed by atoms with Gasteiger partial charge in [-0.1, -0.05) is 12.7 Å². The molecule has 0 spiro atoms. The van der Waals surface area contributed by atoms with E-state index in [-0.39, 0.29) is 23.7 Å². The van der Waals surface area contributed by atoms with Gasteiger partial charge in [-0.2, -0.15) is 10.2 Å². The van der Waals surface area contributed by atoms with Crippen LogP contribution in [0.3, 0.4) is 0 Å². The smallest absolute Gasteiger partial charge is 0.222 e. The molecule has 0 aliphatic heterocycles. The van der Waals surface area contributed by atoms with Crippen molar-refractivity contribution in [3.63, 3.8) is 0 Å². The molecular formula is C19H15F2N7. The van der Waals surface area contributed by atoms with Gasteiger partial charge >= 0.3 is 0 Å². The lowest BCUT2D eigenvalue weighted by Crippen LogP contribution is -2.05. The number of nitrogen functional groups attached to an aromatic ring is 1. The van der Waals surface area contributed by atoms with Crippen LogP contribution < -0.4 is 5.73 Å². The van der Waals surface area contributed by atoms with Gasteiger partial charge in [0.1, 0.15) is 22.9 Å². The van der Waals surface area contributed by atoms with Gasteiger partial charge in [0.15, 0.2) is 5.65 Å². The molecule has 28 heavy (non-hydrogen) atoms. The van der Waals surface area contributed by atoms with Crippen molar-refractivity contribution in [1.82, 2.24) is 24.5 Å². The first-order valence-electron chi connectivity index (χ1n) is 8.15. The van der Waals surface area contributed by atoms with E-state index in [9.17, 15) is 8.78 Å². The van der Waals surface area contributed by atoms with Gasteiger partial charge in [0.2, 0.25) is 5.95 Å². The van der Waals surface area contributed by atoms with Crippen LogP contribution in [0.2, 0.25) is 0 Å². The summed E-state index contributed by atoms with van der Waals surface area (Å²) in [6, 6.07) is 5.12. The molecular weight excluding hydrogens is 364 g/mol. The number of nitrogens with zero attached hydrogens (tertiary/aromatic N) is 6. The van der Waals surface area contributed by atoms with Crippen LogP contribution in [-0.2, 0) is 6.54 Å². The van der Waals surface area contributed by atoms with E-state index in [0.29, 0.717) is 22.5 Å². The summed E-state index contributed by atoms with van der Waals surface area (Å²) in [4.78, 5) is 16.8. The highest BCUT2D eigenvalue weighted by molar-refractivity contribution is 5.87. The average Bonchev–Trinajstić information content (AvgIpc) is 3.07. The Balaban J connectivity index is 2.16. The molecule has 0 fully saturated rings. The summed E-state index contributed by atoms with van der Waals surface area (Å²) in [7, 11) is 0. The van der Waals surface area contributed by atoms with Crippen molar-refractivity contribution < 1.29 is 8.78 Å². The molecule has 0 saturated carbocycles. The molecule has 3 heterocycles. The number of nitriles is 1. The predicted molar refractivity (Wildman–Crippen MR) is 101 cm³/mol. The van der Waals surface area contributed by atoms with Crippen molar-refractivity contribution in [3.05, 3.63) is 66.2 Å². The highest BCUT2D eigenvalue weighted by atomic mass is 19.1. The van der Waals surface area contributed by atoms with Crippen molar-refractivity contribution in [2.45, 2.75) is 13.5 Å². The Labute approximate surface area is 159 Å². The van der Waals surface area contributed by atoms with E-state index >= 15 is 0 Å². The molecule has 0 unspecified atom stereocenters. The molecule has 3 aromatic rings. The molecule has 2 N–H and O–H groups in total. The molecule has 0 amide bonds. The minimum absolute atomic E-state index is 0.0630. The molecule has 0 aliphatic rings. The third-order valence-electron chi connectivity index (χ3n) is 3.87. The van der Waals surface area contributed by atoms with Gasteiger partial charge < -0.3 is 10.3 Å². The molecule has 3 rings (SSSR count). The van der Waals surface area contributed by atoms with E-state index in [1.165, 1.54) is 23.2 Å².